The summed E-state index contributed by atoms with van der Waals surface area (Å²) < 4.78 is 11.3. The van der Waals surface area contributed by atoms with Crippen LogP contribution in [0, 0.1) is 0 Å². The molecular weight excluding hydrogens is 306 g/mol. The summed E-state index contributed by atoms with van der Waals surface area (Å²) in [7, 11) is -0.806. The fourth-order valence-corrected chi connectivity index (χ4v) is 2.43. The third-order valence-electron chi connectivity index (χ3n) is 3.15. The molecule has 6 heteroatoms. The average Bonchev–Trinajstić information content (AvgIpc) is 2.47. The lowest BCUT2D eigenvalue weighted by Crippen LogP contribution is -2.15. The lowest BCUT2D eigenvalue weighted by molar-refractivity contribution is 0.672. The van der Waals surface area contributed by atoms with E-state index in [4.69, 9.17) is 11.6 Å². The Bertz CT molecular complexity index is 622. The van der Waals surface area contributed by atoms with Crippen molar-refractivity contribution in [2.24, 2.45) is 0 Å². The first kappa shape index (κ1) is 15.9. The predicted octanol–water partition coefficient (Wildman–Crippen LogP) is 3.37. The first-order valence-corrected chi connectivity index (χ1v) is 8.72. The van der Waals surface area contributed by atoms with Crippen LogP contribution in [-0.4, -0.2) is 32.2 Å². The molecule has 0 bridgehead atoms. The quantitative estimate of drug-likeness (QED) is 0.828. The molecule has 0 aliphatic carbocycles. The minimum absolute atomic E-state index is 0.156. The summed E-state index contributed by atoms with van der Waals surface area (Å²) in [5, 5.41) is 3.77. The number of nitrogens with zero attached hydrogens (tertiary/aromatic N) is 2. The lowest BCUT2D eigenvalue weighted by Gasteiger charge is -2.10. The summed E-state index contributed by atoms with van der Waals surface area (Å²) in [4.78, 5) is 8.70. The van der Waals surface area contributed by atoms with Crippen molar-refractivity contribution < 1.29 is 4.21 Å². The number of hydrogen-bond acceptors (Lipinski definition) is 4. The maximum atomic E-state index is 11.3. The molecule has 1 aromatic heterocycles. The maximum absolute atomic E-state index is 11.3. The Morgan fingerprint density at radius 3 is 2.67 bits per heavy atom. The summed E-state index contributed by atoms with van der Waals surface area (Å²) >= 11 is 6.05. The van der Waals surface area contributed by atoms with Crippen LogP contribution in [0.2, 0.25) is 5.15 Å². The molecule has 2 atom stereocenters. The number of aromatic nitrogens is 2. The Hall–Kier alpha value is -1.46. The van der Waals surface area contributed by atoms with Gasteiger partial charge >= 0.3 is 0 Å². The van der Waals surface area contributed by atoms with E-state index in [9.17, 15) is 4.21 Å². The molecule has 1 heterocycles. The Kier molecular flexibility index (Phi) is 5.70. The molecule has 4 nitrogen and oxygen atoms in total. The first-order valence-electron chi connectivity index (χ1n) is 6.72. The van der Waals surface area contributed by atoms with Gasteiger partial charge in [0.25, 0.3) is 0 Å². The molecule has 2 unspecified atom stereocenters. The van der Waals surface area contributed by atoms with Crippen LogP contribution in [0.15, 0.2) is 36.4 Å². The third kappa shape index (κ3) is 4.79. The molecule has 112 valence electrons. The number of anilines is 1. The van der Waals surface area contributed by atoms with Gasteiger partial charge in [-0.15, -0.1) is 0 Å². The van der Waals surface area contributed by atoms with E-state index in [0.717, 1.165) is 12.0 Å². The highest BCUT2D eigenvalue weighted by Crippen LogP contribution is 2.20. The van der Waals surface area contributed by atoms with Crippen molar-refractivity contribution in [1.82, 2.24) is 9.97 Å². The number of nitrogens with one attached hydrogen (secondary N) is 1. The normalized spacial score (nSPS) is 13.7. The van der Waals surface area contributed by atoms with Crippen LogP contribution in [0.1, 0.15) is 13.3 Å². The zero-order valence-corrected chi connectivity index (χ0v) is 13.6. The Labute approximate surface area is 132 Å². The van der Waals surface area contributed by atoms with Gasteiger partial charge in [-0.25, -0.2) is 9.97 Å². The van der Waals surface area contributed by atoms with Crippen molar-refractivity contribution in [2.75, 3.05) is 18.1 Å². The second-order valence-corrected chi connectivity index (χ2v) is 6.98. The van der Waals surface area contributed by atoms with E-state index >= 15 is 0 Å². The number of hydrogen-bond donors (Lipinski definition) is 1. The van der Waals surface area contributed by atoms with Crippen molar-refractivity contribution in [1.29, 1.82) is 0 Å². The van der Waals surface area contributed by atoms with E-state index in [2.05, 4.69) is 15.3 Å². The number of benzene rings is 1. The topological polar surface area (TPSA) is 54.9 Å². The Morgan fingerprint density at radius 2 is 2.00 bits per heavy atom. The van der Waals surface area contributed by atoms with Crippen LogP contribution in [0.4, 0.5) is 5.82 Å². The van der Waals surface area contributed by atoms with Crippen LogP contribution in [0.3, 0.4) is 0 Å². The third-order valence-corrected chi connectivity index (χ3v) is 4.71. The monoisotopic (exact) mass is 323 g/mol. The van der Waals surface area contributed by atoms with Crippen LogP contribution in [0.25, 0.3) is 11.4 Å². The van der Waals surface area contributed by atoms with Gasteiger partial charge in [-0.05, 0) is 6.42 Å². The molecule has 1 N–H and O–H groups in total. The fourth-order valence-electron chi connectivity index (χ4n) is 1.79. The molecule has 0 aliphatic rings. The van der Waals surface area contributed by atoms with Gasteiger partial charge in [0, 0.05) is 40.5 Å². The SMILES string of the molecule is CC(CCNc1cc(Cl)nc(-c2ccccc2)n1)S(C)=O. The van der Waals surface area contributed by atoms with Crippen molar-refractivity contribution >= 4 is 28.2 Å². The van der Waals surface area contributed by atoms with Crippen molar-refractivity contribution in [3.05, 3.63) is 41.6 Å². The van der Waals surface area contributed by atoms with Crippen molar-refractivity contribution in [3.63, 3.8) is 0 Å². The number of halogens is 1. The van der Waals surface area contributed by atoms with Crippen molar-refractivity contribution in [2.45, 2.75) is 18.6 Å². The second kappa shape index (κ2) is 7.52. The second-order valence-electron chi connectivity index (χ2n) is 4.79. The van der Waals surface area contributed by atoms with E-state index < -0.39 is 10.8 Å². The molecule has 0 saturated carbocycles. The summed E-state index contributed by atoms with van der Waals surface area (Å²) in [6.45, 7) is 2.67. The molecular formula is C15H18ClN3OS. The van der Waals surface area contributed by atoms with E-state index in [-0.39, 0.29) is 5.25 Å². The van der Waals surface area contributed by atoms with Gasteiger partial charge in [0.15, 0.2) is 5.82 Å². The smallest absolute Gasteiger partial charge is 0.163 e. The lowest BCUT2D eigenvalue weighted by atomic mass is 10.2. The molecule has 2 aromatic rings. The highest BCUT2D eigenvalue weighted by Gasteiger charge is 2.08. The highest BCUT2D eigenvalue weighted by atomic mass is 35.5. The average molecular weight is 324 g/mol. The highest BCUT2D eigenvalue weighted by molar-refractivity contribution is 7.84. The Morgan fingerprint density at radius 1 is 1.29 bits per heavy atom. The van der Waals surface area contributed by atoms with Crippen LogP contribution in [0.5, 0.6) is 0 Å². The molecule has 21 heavy (non-hydrogen) atoms. The summed E-state index contributed by atoms with van der Waals surface area (Å²) in [5.41, 5.74) is 0.922. The minimum Gasteiger partial charge on any atom is -0.370 e. The van der Waals surface area contributed by atoms with Gasteiger partial charge in [-0.2, -0.15) is 0 Å². The summed E-state index contributed by atoms with van der Waals surface area (Å²) in [6, 6.07) is 11.4. The molecule has 0 amide bonds. The molecule has 0 aliphatic heterocycles. The predicted molar refractivity (Wildman–Crippen MR) is 89.1 cm³/mol. The molecule has 0 fully saturated rings. The van der Waals surface area contributed by atoms with Gasteiger partial charge in [-0.1, -0.05) is 48.9 Å². The van der Waals surface area contributed by atoms with E-state index in [1.165, 1.54) is 0 Å². The minimum atomic E-state index is -0.806. The van der Waals surface area contributed by atoms with Crippen LogP contribution in [-0.2, 0) is 10.8 Å². The zero-order chi connectivity index (χ0) is 15.2. The number of rotatable bonds is 6. The fraction of sp³-hybridized carbons (Fsp3) is 0.333. The zero-order valence-electron chi connectivity index (χ0n) is 12.0. The van der Waals surface area contributed by atoms with Crippen LogP contribution < -0.4 is 5.32 Å². The summed E-state index contributed by atoms with van der Waals surface area (Å²) in [5.74, 6) is 1.28. The first-order chi connectivity index (χ1) is 10.1. The van der Waals surface area contributed by atoms with Gasteiger partial charge in [0.1, 0.15) is 11.0 Å². The molecule has 0 spiro atoms. The van der Waals surface area contributed by atoms with E-state index in [1.54, 1.807) is 12.3 Å². The molecule has 0 radical (unpaired) electrons. The maximum Gasteiger partial charge on any atom is 0.163 e. The standard InChI is InChI=1S/C15H18ClN3OS/c1-11(21(2)20)8-9-17-14-10-13(16)18-15(19-14)12-6-4-3-5-7-12/h3-7,10-11H,8-9H2,1-2H3,(H,17,18,19). The largest absolute Gasteiger partial charge is 0.370 e. The molecule has 2 rings (SSSR count). The van der Waals surface area contributed by atoms with Gasteiger partial charge < -0.3 is 5.32 Å². The molecule has 1 aromatic carbocycles. The van der Waals surface area contributed by atoms with E-state index in [1.807, 2.05) is 37.3 Å². The van der Waals surface area contributed by atoms with Gasteiger partial charge in [-0.3, -0.25) is 4.21 Å². The summed E-state index contributed by atoms with van der Waals surface area (Å²) in [6.07, 6.45) is 2.53. The van der Waals surface area contributed by atoms with Gasteiger partial charge in [0.05, 0.1) is 0 Å². The van der Waals surface area contributed by atoms with Crippen LogP contribution >= 0.6 is 11.6 Å². The molecule has 0 saturated heterocycles. The van der Waals surface area contributed by atoms with Gasteiger partial charge in [0.2, 0.25) is 0 Å². The van der Waals surface area contributed by atoms with Crippen molar-refractivity contribution in [3.8, 4) is 11.4 Å². The Balaban J connectivity index is 2.07. The van der Waals surface area contributed by atoms with E-state index in [0.29, 0.717) is 23.3 Å².